The van der Waals surface area contributed by atoms with Crippen LogP contribution in [0.2, 0.25) is 0 Å². The Kier molecular flexibility index (Phi) is 5.79. The summed E-state index contributed by atoms with van der Waals surface area (Å²) in [5.74, 6) is 5.82. The van der Waals surface area contributed by atoms with Gasteiger partial charge in [0, 0.05) is 13.7 Å². The van der Waals surface area contributed by atoms with Crippen molar-refractivity contribution in [1.82, 2.24) is 20.1 Å². The van der Waals surface area contributed by atoms with Crippen molar-refractivity contribution in [2.75, 3.05) is 27.7 Å². The summed E-state index contributed by atoms with van der Waals surface area (Å²) in [5, 5.41) is 4.46. The lowest BCUT2D eigenvalue weighted by Gasteiger charge is -2.42. The fraction of sp³-hybridized carbons (Fsp3) is 0.786. The molecule has 21 heavy (non-hydrogen) atoms. The van der Waals surface area contributed by atoms with Gasteiger partial charge >= 0.3 is 0 Å². The molecule has 0 radical (unpaired) electrons. The average molecular weight is 360 g/mol. The molecule has 1 fully saturated rings. The Labute approximate surface area is 135 Å². The third-order valence-electron chi connectivity index (χ3n) is 4.40. The van der Waals surface area contributed by atoms with Gasteiger partial charge in [-0.2, -0.15) is 5.10 Å². The molecule has 120 valence electrons. The molecule has 1 saturated carbocycles. The summed E-state index contributed by atoms with van der Waals surface area (Å²) in [5.41, 5.74) is 4.01. The van der Waals surface area contributed by atoms with Gasteiger partial charge in [-0.15, -0.1) is 0 Å². The summed E-state index contributed by atoms with van der Waals surface area (Å²) < 4.78 is 8.75. The second-order valence-corrected chi connectivity index (χ2v) is 6.92. The lowest BCUT2D eigenvalue weighted by Crippen LogP contribution is -2.44. The molecule has 1 aliphatic rings. The van der Waals surface area contributed by atoms with E-state index in [2.05, 4.69) is 45.4 Å². The highest BCUT2D eigenvalue weighted by atomic mass is 79.9. The molecule has 1 aliphatic carbocycles. The fourth-order valence-corrected chi connectivity index (χ4v) is 3.43. The Bertz CT molecular complexity index is 453. The molecular weight excluding hydrogens is 334 g/mol. The number of nitrogens with zero attached hydrogens (tertiary/aromatic N) is 3. The lowest BCUT2D eigenvalue weighted by atomic mass is 9.75. The Morgan fingerprint density at radius 1 is 1.57 bits per heavy atom. The van der Waals surface area contributed by atoms with Gasteiger partial charge in [-0.05, 0) is 55.7 Å². The van der Waals surface area contributed by atoms with Gasteiger partial charge < -0.3 is 9.64 Å². The molecule has 1 unspecified atom stereocenters. The zero-order chi connectivity index (χ0) is 15.5. The topological polar surface area (TPSA) is 68.3 Å². The molecule has 1 aromatic rings. The van der Waals surface area contributed by atoms with E-state index in [9.17, 15) is 0 Å². The van der Waals surface area contributed by atoms with Gasteiger partial charge in [0.1, 0.15) is 0 Å². The summed E-state index contributed by atoms with van der Waals surface area (Å²) >= 11 is 3.60. The van der Waals surface area contributed by atoms with Crippen molar-refractivity contribution in [1.29, 1.82) is 0 Å². The second kappa shape index (κ2) is 7.19. The van der Waals surface area contributed by atoms with Crippen LogP contribution in [0, 0.1) is 0 Å². The SMILES string of the molecule is COC1(CC(NN)c2c(Br)cnn2CCN(C)C)CCC1. The molecule has 0 aromatic carbocycles. The van der Waals surface area contributed by atoms with Gasteiger partial charge in [0.05, 0.1) is 34.6 Å². The van der Waals surface area contributed by atoms with Crippen LogP contribution in [0.5, 0.6) is 0 Å². The average Bonchev–Trinajstić information content (AvgIpc) is 2.78. The van der Waals surface area contributed by atoms with Crippen LogP contribution in [0.25, 0.3) is 0 Å². The van der Waals surface area contributed by atoms with Crippen molar-refractivity contribution in [3.05, 3.63) is 16.4 Å². The van der Waals surface area contributed by atoms with Gasteiger partial charge in [-0.3, -0.25) is 16.0 Å². The van der Waals surface area contributed by atoms with E-state index >= 15 is 0 Å². The largest absolute Gasteiger partial charge is 0.378 e. The molecular formula is C14H26BrN5O. The predicted octanol–water partition coefficient (Wildman–Crippen LogP) is 1.67. The number of rotatable bonds is 8. The van der Waals surface area contributed by atoms with Crippen LogP contribution in [0.3, 0.4) is 0 Å². The molecule has 1 heterocycles. The molecule has 0 bridgehead atoms. The molecule has 1 atom stereocenters. The lowest BCUT2D eigenvalue weighted by molar-refractivity contribution is -0.0843. The molecule has 2 rings (SSSR count). The van der Waals surface area contributed by atoms with Gasteiger partial charge in [0.15, 0.2) is 0 Å². The first kappa shape index (κ1) is 16.9. The maximum absolute atomic E-state index is 5.82. The summed E-state index contributed by atoms with van der Waals surface area (Å²) in [4.78, 5) is 2.15. The number of hydrazine groups is 1. The number of hydrogen-bond donors (Lipinski definition) is 2. The number of methoxy groups -OCH3 is 1. The first-order valence-corrected chi connectivity index (χ1v) is 8.18. The Morgan fingerprint density at radius 2 is 2.29 bits per heavy atom. The smallest absolute Gasteiger partial charge is 0.0710 e. The number of hydrogen-bond acceptors (Lipinski definition) is 5. The summed E-state index contributed by atoms with van der Waals surface area (Å²) in [6.45, 7) is 1.78. The fourth-order valence-electron chi connectivity index (χ4n) is 2.86. The third kappa shape index (κ3) is 3.84. The van der Waals surface area contributed by atoms with Crippen molar-refractivity contribution in [2.24, 2.45) is 5.84 Å². The van der Waals surface area contributed by atoms with Crippen LogP contribution in [0.4, 0.5) is 0 Å². The number of likely N-dealkylation sites (N-methyl/N-ethyl adjacent to an activating group) is 1. The van der Waals surface area contributed by atoms with Gasteiger partial charge in [-0.25, -0.2) is 0 Å². The van der Waals surface area contributed by atoms with Crippen molar-refractivity contribution < 1.29 is 4.74 Å². The molecule has 0 saturated heterocycles. The van der Waals surface area contributed by atoms with Crippen molar-refractivity contribution >= 4 is 15.9 Å². The maximum Gasteiger partial charge on any atom is 0.0710 e. The van der Waals surface area contributed by atoms with Crippen LogP contribution < -0.4 is 11.3 Å². The molecule has 1 aromatic heterocycles. The van der Waals surface area contributed by atoms with Crippen LogP contribution >= 0.6 is 15.9 Å². The molecule has 7 heteroatoms. The number of nitrogens with two attached hydrogens (primary N) is 1. The quantitative estimate of drug-likeness (QED) is 0.545. The van der Waals surface area contributed by atoms with E-state index in [1.165, 1.54) is 6.42 Å². The summed E-state index contributed by atoms with van der Waals surface area (Å²) in [7, 11) is 5.92. The Hall–Kier alpha value is -0.470. The monoisotopic (exact) mass is 359 g/mol. The summed E-state index contributed by atoms with van der Waals surface area (Å²) in [6, 6.07) is 0.0317. The van der Waals surface area contributed by atoms with E-state index in [-0.39, 0.29) is 11.6 Å². The van der Waals surface area contributed by atoms with E-state index in [0.717, 1.165) is 42.5 Å². The number of aromatic nitrogens is 2. The standard InChI is InChI=1S/C14H26BrN5O/c1-19(2)7-8-20-13(11(15)10-17-20)12(18-16)9-14(21-3)5-4-6-14/h10,12,18H,4-9,16H2,1-3H3. The highest BCUT2D eigenvalue weighted by Crippen LogP contribution is 2.42. The summed E-state index contributed by atoms with van der Waals surface area (Å²) in [6.07, 6.45) is 6.14. The van der Waals surface area contributed by atoms with E-state index in [1.807, 2.05) is 10.9 Å². The zero-order valence-corrected chi connectivity index (χ0v) is 14.7. The zero-order valence-electron chi connectivity index (χ0n) is 13.1. The normalized spacial score (nSPS) is 18.8. The number of nitrogens with one attached hydrogen (secondary N) is 1. The Morgan fingerprint density at radius 3 is 2.76 bits per heavy atom. The van der Waals surface area contributed by atoms with E-state index < -0.39 is 0 Å². The van der Waals surface area contributed by atoms with Crippen LogP contribution in [-0.4, -0.2) is 48.0 Å². The maximum atomic E-state index is 5.82. The minimum absolute atomic E-state index is 0.0317. The number of ether oxygens (including phenoxy) is 1. The highest BCUT2D eigenvalue weighted by molar-refractivity contribution is 9.10. The van der Waals surface area contributed by atoms with Crippen LogP contribution in [-0.2, 0) is 11.3 Å². The van der Waals surface area contributed by atoms with E-state index in [0.29, 0.717) is 0 Å². The van der Waals surface area contributed by atoms with Crippen molar-refractivity contribution in [2.45, 2.75) is 43.9 Å². The van der Waals surface area contributed by atoms with Crippen LogP contribution in [0.15, 0.2) is 10.7 Å². The highest BCUT2D eigenvalue weighted by Gasteiger charge is 2.40. The molecule has 0 amide bonds. The van der Waals surface area contributed by atoms with Gasteiger partial charge in [0.2, 0.25) is 0 Å². The predicted molar refractivity (Wildman–Crippen MR) is 86.8 cm³/mol. The molecule has 0 aliphatic heterocycles. The van der Waals surface area contributed by atoms with E-state index in [1.54, 1.807) is 7.11 Å². The minimum atomic E-state index is -0.0346. The molecule has 3 N–H and O–H groups in total. The molecule has 6 nitrogen and oxygen atoms in total. The first-order chi connectivity index (χ1) is 10.0. The first-order valence-electron chi connectivity index (χ1n) is 7.38. The number of halogens is 1. The van der Waals surface area contributed by atoms with Crippen molar-refractivity contribution in [3.8, 4) is 0 Å². The van der Waals surface area contributed by atoms with Crippen molar-refractivity contribution in [3.63, 3.8) is 0 Å². The van der Waals surface area contributed by atoms with Crippen LogP contribution in [0.1, 0.15) is 37.4 Å². The van der Waals surface area contributed by atoms with Gasteiger partial charge in [-0.1, -0.05) is 0 Å². The third-order valence-corrected chi connectivity index (χ3v) is 5.01. The van der Waals surface area contributed by atoms with Gasteiger partial charge in [0.25, 0.3) is 0 Å². The second-order valence-electron chi connectivity index (χ2n) is 6.07. The van der Waals surface area contributed by atoms with E-state index in [4.69, 9.17) is 10.6 Å². The Balaban J connectivity index is 2.15. The molecule has 0 spiro atoms. The minimum Gasteiger partial charge on any atom is -0.378 e.